The van der Waals surface area contributed by atoms with Gasteiger partial charge < -0.3 is 5.73 Å². The summed E-state index contributed by atoms with van der Waals surface area (Å²) in [5.74, 6) is -0.482. The molecule has 6 heteroatoms. The summed E-state index contributed by atoms with van der Waals surface area (Å²) < 4.78 is 51.0. The van der Waals surface area contributed by atoms with Gasteiger partial charge in [-0.25, -0.2) is 4.39 Å². The van der Waals surface area contributed by atoms with Crippen molar-refractivity contribution in [1.29, 1.82) is 0 Å². The molecule has 0 heterocycles. The van der Waals surface area contributed by atoms with E-state index in [2.05, 4.69) is 0 Å². The lowest BCUT2D eigenvalue weighted by Gasteiger charge is -2.13. The summed E-state index contributed by atoms with van der Waals surface area (Å²) >= 11 is 5.92. The van der Waals surface area contributed by atoms with E-state index < -0.39 is 17.6 Å². The molecule has 0 unspecified atom stereocenters. The summed E-state index contributed by atoms with van der Waals surface area (Å²) in [6.45, 7) is 1.54. The standard InChI is InChI=1S/C14H10ClF4N/c1-7-4-10(11(15)6-12(7)16)9-3-2-8(5-13(9)20)14(17,18)19/h2-6H,20H2,1H3. The zero-order valence-corrected chi connectivity index (χ0v) is 11.1. The number of aryl methyl sites for hydroxylation is 1. The monoisotopic (exact) mass is 303 g/mol. The van der Waals surface area contributed by atoms with Gasteiger partial charge in [0.05, 0.1) is 10.6 Å². The number of alkyl halides is 3. The third-order valence-corrected chi connectivity index (χ3v) is 3.23. The second kappa shape index (κ2) is 4.98. The summed E-state index contributed by atoms with van der Waals surface area (Å²) in [5.41, 5.74) is 5.83. The van der Waals surface area contributed by atoms with E-state index in [0.717, 1.165) is 18.2 Å². The van der Waals surface area contributed by atoms with Crippen LogP contribution >= 0.6 is 11.6 Å². The smallest absolute Gasteiger partial charge is 0.398 e. The van der Waals surface area contributed by atoms with Gasteiger partial charge in [-0.05, 0) is 36.8 Å². The van der Waals surface area contributed by atoms with E-state index in [1.54, 1.807) is 0 Å². The van der Waals surface area contributed by atoms with Crippen LogP contribution in [-0.4, -0.2) is 0 Å². The van der Waals surface area contributed by atoms with Crippen molar-refractivity contribution in [3.8, 4) is 11.1 Å². The molecule has 2 aromatic rings. The maximum Gasteiger partial charge on any atom is 0.416 e. The van der Waals surface area contributed by atoms with E-state index in [0.29, 0.717) is 16.7 Å². The number of halogens is 5. The Labute approximate surface area is 118 Å². The predicted molar refractivity (Wildman–Crippen MR) is 71.0 cm³/mol. The average molecular weight is 304 g/mol. The molecule has 1 nitrogen and oxygen atoms in total. The van der Waals surface area contributed by atoms with Crippen LogP contribution in [0.15, 0.2) is 30.3 Å². The van der Waals surface area contributed by atoms with Crippen molar-refractivity contribution in [3.63, 3.8) is 0 Å². The Kier molecular flexibility index (Phi) is 3.65. The molecule has 0 bridgehead atoms. The van der Waals surface area contributed by atoms with Gasteiger partial charge >= 0.3 is 6.18 Å². The second-order valence-electron chi connectivity index (χ2n) is 4.38. The Morgan fingerprint density at radius 2 is 1.70 bits per heavy atom. The van der Waals surface area contributed by atoms with Gasteiger partial charge in [0.15, 0.2) is 0 Å². The van der Waals surface area contributed by atoms with Crippen LogP contribution in [0.25, 0.3) is 11.1 Å². The van der Waals surface area contributed by atoms with Crippen molar-refractivity contribution < 1.29 is 17.6 Å². The van der Waals surface area contributed by atoms with E-state index in [4.69, 9.17) is 17.3 Å². The highest BCUT2D eigenvalue weighted by atomic mass is 35.5. The average Bonchev–Trinajstić information content (AvgIpc) is 2.33. The Morgan fingerprint density at radius 3 is 2.25 bits per heavy atom. The summed E-state index contributed by atoms with van der Waals surface area (Å²) in [6, 6.07) is 5.56. The minimum Gasteiger partial charge on any atom is -0.398 e. The van der Waals surface area contributed by atoms with E-state index in [9.17, 15) is 17.6 Å². The number of hydrogen-bond donors (Lipinski definition) is 1. The topological polar surface area (TPSA) is 26.0 Å². The van der Waals surface area contributed by atoms with Crippen molar-refractivity contribution >= 4 is 17.3 Å². The number of anilines is 1. The van der Waals surface area contributed by atoms with Crippen LogP contribution in [0.1, 0.15) is 11.1 Å². The normalized spacial score (nSPS) is 11.7. The molecule has 2 N–H and O–H groups in total. The quantitative estimate of drug-likeness (QED) is 0.578. The first-order valence-corrected chi connectivity index (χ1v) is 6.00. The Hall–Kier alpha value is -1.75. The molecule has 106 valence electrons. The summed E-state index contributed by atoms with van der Waals surface area (Å²) in [4.78, 5) is 0. The van der Waals surface area contributed by atoms with E-state index >= 15 is 0 Å². The zero-order valence-electron chi connectivity index (χ0n) is 10.4. The van der Waals surface area contributed by atoms with Crippen molar-refractivity contribution in [2.75, 3.05) is 5.73 Å². The third-order valence-electron chi connectivity index (χ3n) is 2.92. The number of rotatable bonds is 1. The molecular weight excluding hydrogens is 294 g/mol. The lowest BCUT2D eigenvalue weighted by atomic mass is 9.99. The molecular formula is C14H10ClF4N. The lowest BCUT2D eigenvalue weighted by Crippen LogP contribution is -2.06. The molecule has 0 aliphatic carbocycles. The van der Waals surface area contributed by atoms with Crippen LogP contribution in [0, 0.1) is 12.7 Å². The number of nitrogens with two attached hydrogens (primary N) is 1. The molecule has 0 aliphatic heterocycles. The van der Waals surface area contributed by atoms with Crippen LogP contribution in [-0.2, 0) is 6.18 Å². The van der Waals surface area contributed by atoms with E-state index in [1.807, 2.05) is 0 Å². The third kappa shape index (κ3) is 2.72. The van der Waals surface area contributed by atoms with Crippen LogP contribution in [0.2, 0.25) is 5.02 Å². The maximum absolute atomic E-state index is 13.3. The summed E-state index contributed by atoms with van der Waals surface area (Å²) in [6.07, 6.45) is -4.46. The van der Waals surface area contributed by atoms with Gasteiger partial charge in [-0.15, -0.1) is 0 Å². The fourth-order valence-corrected chi connectivity index (χ4v) is 2.10. The Morgan fingerprint density at radius 1 is 1.05 bits per heavy atom. The van der Waals surface area contributed by atoms with Gasteiger partial charge in [0, 0.05) is 16.8 Å². The van der Waals surface area contributed by atoms with Gasteiger partial charge in [-0.1, -0.05) is 17.7 Å². The zero-order chi connectivity index (χ0) is 15.1. The number of hydrogen-bond acceptors (Lipinski definition) is 1. The van der Waals surface area contributed by atoms with Crippen molar-refractivity contribution in [1.82, 2.24) is 0 Å². The first-order chi connectivity index (χ1) is 9.20. The first kappa shape index (κ1) is 14.7. The number of benzene rings is 2. The first-order valence-electron chi connectivity index (χ1n) is 5.63. The Bertz CT molecular complexity index is 665. The fourth-order valence-electron chi connectivity index (χ4n) is 1.85. The molecule has 0 fully saturated rings. The van der Waals surface area contributed by atoms with Gasteiger partial charge in [0.25, 0.3) is 0 Å². The van der Waals surface area contributed by atoms with Crippen molar-refractivity contribution in [2.24, 2.45) is 0 Å². The molecule has 0 amide bonds. The fraction of sp³-hybridized carbons (Fsp3) is 0.143. The summed E-state index contributed by atoms with van der Waals surface area (Å²) in [7, 11) is 0. The highest BCUT2D eigenvalue weighted by molar-refractivity contribution is 6.33. The van der Waals surface area contributed by atoms with Crippen LogP contribution in [0.3, 0.4) is 0 Å². The van der Waals surface area contributed by atoms with Crippen LogP contribution in [0.5, 0.6) is 0 Å². The highest BCUT2D eigenvalue weighted by Gasteiger charge is 2.31. The Balaban J connectivity index is 2.57. The number of nitrogen functional groups attached to an aromatic ring is 1. The molecule has 2 rings (SSSR count). The van der Waals surface area contributed by atoms with E-state index in [-0.39, 0.29) is 10.7 Å². The van der Waals surface area contributed by atoms with Crippen molar-refractivity contribution in [2.45, 2.75) is 13.1 Å². The predicted octanol–water partition coefficient (Wildman–Crippen LogP) is 5.06. The molecule has 0 atom stereocenters. The minimum atomic E-state index is -4.46. The van der Waals surface area contributed by atoms with Crippen LogP contribution in [0.4, 0.5) is 23.2 Å². The van der Waals surface area contributed by atoms with Crippen LogP contribution < -0.4 is 5.73 Å². The molecule has 0 saturated heterocycles. The molecule has 0 saturated carbocycles. The maximum atomic E-state index is 13.3. The summed E-state index contributed by atoms with van der Waals surface area (Å²) in [5, 5.41) is 0.0968. The molecule has 2 aromatic carbocycles. The van der Waals surface area contributed by atoms with Crippen molar-refractivity contribution in [3.05, 3.63) is 52.3 Å². The highest BCUT2D eigenvalue weighted by Crippen LogP contribution is 2.37. The molecule has 0 aromatic heterocycles. The SMILES string of the molecule is Cc1cc(-c2ccc(C(F)(F)F)cc2N)c(Cl)cc1F. The lowest BCUT2D eigenvalue weighted by molar-refractivity contribution is -0.137. The minimum absolute atomic E-state index is 0.0623. The molecule has 0 aliphatic rings. The van der Waals surface area contributed by atoms with Gasteiger partial charge in [-0.2, -0.15) is 13.2 Å². The second-order valence-corrected chi connectivity index (χ2v) is 4.79. The molecule has 0 spiro atoms. The van der Waals surface area contributed by atoms with Gasteiger partial charge in [0.2, 0.25) is 0 Å². The molecule has 0 radical (unpaired) electrons. The molecule has 20 heavy (non-hydrogen) atoms. The van der Waals surface area contributed by atoms with Gasteiger partial charge in [-0.3, -0.25) is 0 Å². The van der Waals surface area contributed by atoms with Gasteiger partial charge in [0.1, 0.15) is 5.82 Å². The van der Waals surface area contributed by atoms with E-state index in [1.165, 1.54) is 19.1 Å². The largest absolute Gasteiger partial charge is 0.416 e.